The second-order valence-electron chi connectivity index (χ2n) is 5.14. The van der Waals surface area contributed by atoms with E-state index >= 15 is 0 Å². The van der Waals surface area contributed by atoms with Gasteiger partial charge in [-0.05, 0) is 55.5 Å². The van der Waals surface area contributed by atoms with Gasteiger partial charge in [0.15, 0.2) is 5.82 Å². The first-order valence-corrected chi connectivity index (χ1v) is 8.90. The first-order valence-electron chi connectivity index (χ1n) is 7.74. The number of nitrogens with zero attached hydrogens (tertiary/aromatic N) is 3. The van der Waals surface area contributed by atoms with Gasteiger partial charge in [0.2, 0.25) is 4.77 Å². The van der Waals surface area contributed by atoms with Crippen LogP contribution in [0, 0.1) is 4.77 Å². The second-order valence-corrected chi connectivity index (χ2v) is 6.34. The van der Waals surface area contributed by atoms with E-state index in [0.717, 1.165) is 11.3 Å². The first-order chi connectivity index (χ1) is 12.6. The van der Waals surface area contributed by atoms with Gasteiger partial charge in [0.25, 0.3) is 0 Å². The SMILES string of the molecule is CCOc1ccc(-c2n[nH]c(=S)n2NN=Cc2c(Cl)cccc2Cl)cc1. The summed E-state index contributed by atoms with van der Waals surface area (Å²) in [5.41, 5.74) is 4.30. The van der Waals surface area contributed by atoms with Crippen LogP contribution in [0.3, 0.4) is 0 Å². The zero-order valence-corrected chi connectivity index (χ0v) is 16.1. The number of halogens is 2. The third-order valence-electron chi connectivity index (χ3n) is 3.45. The predicted molar refractivity (Wildman–Crippen MR) is 107 cm³/mol. The molecule has 1 heterocycles. The molecule has 2 N–H and O–H groups in total. The van der Waals surface area contributed by atoms with Crippen LogP contribution in [0.15, 0.2) is 47.6 Å². The molecule has 1 aromatic heterocycles. The van der Waals surface area contributed by atoms with Crippen molar-refractivity contribution < 1.29 is 4.74 Å². The van der Waals surface area contributed by atoms with Crippen LogP contribution in [-0.2, 0) is 0 Å². The molecule has 0 bridgehead atoms. The highest BCUT2D eigenvalue weighted by Gasteiger charge is 2.09. The number of rotatable bonds is 6. The van der Waals surface area contributed by atoms with Crippen LogP contribution in [0.25, 0.3) is 11.4 Å². The summed E-state index contributed by atoms with van der Waals surface area (Å²) in [6, 6.07) is 12.8. The summed E-state index contributed by atoms with van der Waals surface area (Å²) in [6.07, 6.45) is 1.53. The van der Waals surface area contributed by atoms with Crippen molar-refractivity contribution in [1.29, 1.82) is 0 Å². The molecule has 0 amide bonds. The van der Waals surface area contributed by atoms with E-state index in [4.69, 9.17) is 40.2 Å². The lowest BCUT2D eigenvalue weighted by Crippen LogP contribution is -2.10. The highest BCUT2D eigenvalue weighted by molar-refractivity contribution is 7.71. The van der Waals surface area contributed by atoms with E-state index in [9.17, 15) is 0 Å². The number of aromatic amines is 1. The zero-order chi connectivity index (χ0) is 18.5. The van der Waals surface area contributed by atoms with Crippen molar-refractivity contribution in [3.8, 4) is 17.1 Å². The standard InChI is InChI=1S/C17H15Cl2N5OS/c1-2-25-12-8-6-11(7-9-12)16-21-22-17(26)24(16)23-20-10-13-14(18)4-3-5-15(13)19/h3-10,23H,2H2,1H3,(H,22,26). The number of hydrazone groups is 1. The molecule has 0 aliphatic heterocycles. The molecule has 0 saturated heterocycles. The number of H-pyrrole nitrogens is 1. The Balaban J connectivity index is 1.84. The molecule has 0 unspecified atom stereocenters. The summed E-state index contributed by atoms with van der Waals surface area (Å²) in [4.78, 5) is 0. The Bertz CT molecular complexity index is 961. The Labute approximate surface area is 165 Å². The smallest absolute Gasteiger partial charge is 0.216 e. The van der Waals surface area contributed by atoms with Gasteiger partial charge in [-0.3, -0.25) is 0 Å². The third-order valence-corrected chi connectivity index (χ3v) is 4.38. The van der Waals surface area contributed by atoms with Crippen LogP contribution >= 0.6 is 35.4 Å². The van der Waals surface area contributed by atoms with Crippen LogP contribution in [0.4, 0.5) is 0 Å². The largest absolute Gasteiger partial charge is 0.494 e. The lowest BCUT2D eigenvalue weighted by atomic mass is 10.2. The van der Waals surface area contributed by atoms with Crippen molar-refractivity contribution in [3.63, 3.8) is 0 Å². The molecular weight excluding hydrogens is 393 g/mol. The van der Waals surface area contributed by atoms with Crippen LogP contribution in [0.1, 0.15) is 12.5 Å². The van der Waals surface area contributed by atoms with E-state index in [1.54, 1.807) is 22.9 Å². The Morgan fingerprint density at radius 3 is 2.58 bits per heavy atom. The van der Waals surface area contributed by atoms with Crippen molar-refractivity contribution in [1.82, 2.24) is 14.9 Å². The molecule has 3 aromatic rings. The highest BCUT2D eigenvalue weighted by atomic mass is 35.5. The summed E-state index contributed by atoms with van der Waals surface area (Å²) in [7, 11) is 0. The van der Waals surface area contributed by atoms with Crippen LogP contribution in [0.2, 0.25) is 10.0 Å². The van der Waals surface area contributed by atoms with Crippen molar-refractivity contribution in [2.75, 3.05) is 12.1 Å². The molecule has 9 heteroatoms. The van der Waals surface area contributed by atoms with Gasteiger partial charge in [-0.25, -0.2) is 10.6 Å². The van der Waals surface area contributed by atoms with Gasteiger partial charge >= 0.3 is 0 Å². The molecule has 0 atom stereocenters. The first kappa shape index (κ1) is 18.4. The molecule has 0 aliphatic rings. The van der Waals surface area contributed by atoms with Gasteiger partial charge in [0, 0.05) is 11.1 Å². The van der Waals surface area contributed by atoms with Gasteiger partial charge in [-0.1, -0.05) is 29.3 Å². The number of ether oxygens (including phenoxy) is 1. The zero-order valence-electron chi connectivity index (χ0n) is 13.7. The molecule has 6 nitrogen and oxygen atoms in total. The van der Waals surface area contributed by atoms with E-state index in [0.29, 0.717) is 32.8 Å². The average molecular weight is 408 g/mol. The summed E-state index contributed by atoms with van der Waals surface area (Å²) in [5.74, 6) is 1.37. The van der Waals surface area contributed by atoms with Crippen molar-refractivity contribution in [2.45, 2.75) is 6.92 Å². The fourth-order valence-corrected chi connectivity index (χ4v) is 2.90. The molecule has 0 saturated carbocycles. The maximum atomic E-state index is 6.13. The monoisotopic (exact) mass is 407 g/mol. The van der Waals surface area contributed by atoms with E-state index in [2.05, 4.69) is 20.8 Å². The predicted octanol–water partition coefficient (Wildman–Crippen LogP) is 4.89. The van der Waals surface area contributed by atoms with Crippen molar-refractivity contribution in [3.05, 3.63) is 62.8 Å². The minimum atomic E-state index is 0.372. The number of aromatic nitrogens is 3. The molecule has 0 fully saturated rings. The fourth-order valence-electron chi connectivity index (χ4n) is 2.24. The Hall–Kier alpha value is -2.35. The third kappa shape index (κ3) is 4.07. The molecular formula is C17H15Cl2N5OS. The van der Waals surface area contributed by atoms with Crippen LogP contribution in [-0.4, -0.2) is 27.7 Å². The molecule has 3 rings (SSSR count). The van der Waals surface area contributed by atoms with E-state index in [-0.39, 0.29) is 0 Å². The van der Waals surface area contributed by atoms with E-state index in [1.165, 1.54) is 6.21 Å². The molecule has 2 aromatic carbocycles. The van der Waals surface area contributed by atoms with Gasteiger partial charge in [0.1, 0.15) is 5.75 Å². The summed E-state index contributed by atoms with van der Waals surface area (Å²) in [5, 5.41) is 12.2. The fraction of sp³-hybridized carbons (Fsp3) is 0.118. The molecule has 26 heavy (non-hydrogen) atoms. The lowest BCUT2D eigenvalue weighted by molar-refractivity contribution is 0.340. The summed E-state index contributed by atoms with van der Waals surface area (Å²) in [6.45, 7) is 2.55. The molecule has 0 radical (unpaired) electrons. The van der Waals surface area contributed by atoms with Gasteiger partial charge in [-0.15, -0.1) is 0 Å². The maximum absolute atomic E-state index is 6.13. The quantitative estimate of drug-likeness (QED) is 0.346. The van der Waals surface area contributed by atoms with E-state index < -0.39 is 0 Å². The number of hydrogen-bond acceptors (Lipinski definition) is 5. The minimum absolute atomic E-state index is 0.372. The normalized spacial score (nSPS) is 11.0. The Morgan fingerprint density at radius 2 is 1.92 bits per heavy atom. The van der Waals surface area contributed by atoms with Gasteiger partial charge in [0.05, 0.1) is 22.9 Å². The Morgan fingerprint density at radius 1 is 1.23 bits per heavy atom. The number of hydrogen-bond donors (Lipinski definition) is 2. The van der Waals surface area contributed by atoms with Gasteiger partial charge < -0.3 is 4.74 Å². The number of nitrogens with one attached hydrogen (secondary N) is 2. The molecule has 0 aliphatic carbocycles. The van der Waals surface area contributed by atoms with E-state index in [1.807, 2.05) is 31.2 Å². The van der Waals surface area contributed by atoms with Gasteiger partial charge in [-0.2, -0.15) is 14.9 Å². The maximum Gasteiger partial charge on any atom is 0.216 e. The van der Waals surface area contributed by atoms with Crippen molar-refractivity contribution >= 4 is 41.6 Å². The van der Waals surface area contributed by atoms with Crippen LogP contribution < -0.4 is 10.3 Å². The molecule has 134 valence electrons. The van der Waals surface area contributed by atoms with Crippen molar-refractivity contribution in [2.24, 2.45) is 5.10 Å². The second kappa shape index (κ2) is 8.35. The lowest BCUT2D eigenvalue weighted by Gasteiger charge is -2.07. The summed E-state index contributed by atoms with van der Waals surface area (Å²) >= 11 is 17.5. The minimum Gasteiger partial charge on any atom is -0.494 e. The van der Waals surface area contributed by atoms with Crippen LogP contribution in [0.5, 0.6) is 5.75 Å². The highest BCUT2D eigenvalue weighted by Crippen LogP contribution is 2.23. The molecule has 0 spiro atoms. The average Bonchev–Trinajstić information content (AvgIpc) is 2.99. The number of benzene rings is 2. The topological polar surface area (TPSA) is 67.2 Å². The summed E-state index contributed by atoms with van der Waals surface area (Å²) < 4.78 is 7.37. The Kier molecular flexibility index (Phi) is 5.92.